The van der Waals surface area contributed by atoms with E-state index in [1.807, 2.05) is 6.92 Å². The van der Waals surface area contributed by atoms with Gasteiger partial charge in [-0.15, -0.1) is 0 Å². The summed E-state index contributed by atoms with van der Waals surface area (Å²) in [5.74, 6) is -2.20. The van der Waals surface area contributed by atoms with Crippen LogP contribution in [0.5, 0.6) is 0 Å². The first kappa shape index (κ1) is 13.3. The highest BCUT2D eigenvalue weighted by Gasteiger charge is 2.28. The Morgan fingerprint density at radius 3 is 2.47 bits per heavy atom. The molecule has 0 aliphatic carbocycles. The molecule has 7 nitrogen and oxygen atoms in total. The summed E-state index contributed by atoms with van der Waals surface area (Å²) in [7, 11) is 0. The number of hydrogen-bond donors (Lipinski definition) is 3. The largest absolute Gasteiger partial charge is 0.481 e. The highest BCUT2D eigenvalue weighted by Crippen LogP contribution is 2.14. The number of aliphatic carboxylic acids is 2. The van der Waals surface area contributed by atoms with Crippen LogP contribution >= 0.6 is 0 Å². The number of hydrogen-bond acceptors (Lipinski definition) is 3. The minimum atomic E-state index is -1.38. The van der Waals surface area contributed by atoms with Gasteiger partial charge in [-0.05, 0) is 12.3 Å². The number of rotatable bonds is 4. The van der Waals surface area contributed by atoms with Crippen molar-refractivity contribution in [3.63, 3.8) is 0 Å². The van der Waals surface area contributed by atoms with Gasteiger partial charge in [0.05, 0.1) is 6.42 Å². The lowest BCUT2D eigenvalue weighted by atomic mass is 10.2. The summed E-state index contributed by atoms with van der Waals surface area (Å²) >= 11 is 0. The van der Waals surface area contributed by atoms with E-state index in [2.05, 4.69) is 5.32 Å². The SMILES string of the molecule is CC1CCN(C(=O)N[C@@H](CC(=O)O)C(=O)O)C1. The fraction of sp³-hybridized carbons (Fsp3) is 0.700. The molecule has 1 saturated heterocycles. The molecule has 7 heteroatoms. The topological polar surface area (TPSA) is 107 Å². The molecule has 0 aromatic carbocycles. The lowest BCUT2D eigenvalue weighted by Gasteiger charge is -2.19. The molecule has 17 heavy (non-hydrogen) atoms. The predicted octanol–water partition coefficient (Wildman–Crippen LogP) is -0.0343. The highest BCUT2D eigenvalue weighted by atomic mass is 16.4. The quantitative estimate of drug-likeness (QED) is 0.643. The van der Waals surface area contributed by atoms with Gasteiger partial charge < -0.3 is 20.4 Å². The number of carbonyl (C=O) groups excluding carboxylic acids is 1. The molecule has 0 radical (unpaired) electrons. The van der Waals surface area contributed by atoms with E-state index in [4.69, 9.17) is 10.2 Å². The summed E-state index contributed by atoms with van der Waals surface area (Å²) in [6.45, 7) is 3.15. The Bertz CT molecular complexity index is 331. The Hall–Kier alpha value is -1.79. The standard InChI is InChI=1S/C10H16N2O5/c1-6-2-3-12(5-6)10(17)11-7(9(15)16)4-8(13)14/h6-7H,2-5H2,1H3,(H,11,17)(H,13,14)(H,15,16)/t6?,7-/m0/s1. The molecule has 0 spiro atoms. The van der Waals surface area contributed by atoms with Gasteiger partial charge >= 0.3 is 18.0 Å². The van der Waals surface area contributed by atoms with Crippen LogP contribution in [0.3, 0.4) is 0 Å². The van der Waals surface area contributed by atoms with Gasteiger partial charge in [0.25, 0.3) is 0 Å². The van der Waals surface area contributed by atoms with Crippen LogP contribution in [0.4, 0.5) is 4.79 Å². The Balaban J connectivity index is 2.52. The van der Waals surface area contributed by atoms with Gasteiger partial charge in [-0.25, -0.2) is 9.59 Å². The van der Waals surface area contributed by atoms with Gasteiger partial charge in [-0.1, -0.05) is 6.92 Å². The Morgan fingerprint density at radius 2 is 2.06 bits per heavy atom. The third-order valence-corrected chi connectivity index (χ3v) is 2.69. The van der Waals surface area contributed by atoms with Gasteiger partial charge in [0, 0.05) is 13.1 Å². The van der Waals surface area contributed by atoms with Crippen LogP contribution in [0.25, 0.3) is 0 Å². The number of carboxylic acid groups (broad SMARTS) is 2. The maximum absolute atomic E-state index is 11.6. The van der Waals surface area contributed by atoms with Crippen molar-refractivity contribution in [2.45, 2.75) is 25.8 Å². The van der Waals surface area contributed by atoms with Gasteiger partial charge in [0.2, 0.25) is 0 Å². The molecule has 2 amide bonds. The maximum atomic E-state index is 11.6. The summed E-state index contributed by atoms with van der Waals surface area (Å²) in [5.41, 5.74) is 0. The number of nitrogens with one attached hydrogen (secondary N) is 1. The molecule has 0 saturated carbocycles. The molecule has 1 unspecified atom stereocenters. The zero-order chi connectivity index (χ0) is 13.0. The monoisotopic (exact) mass is 244 g/mol. The summed E-state index contributed by atoms with van der Waals surface area (Å²) in [6, 6.07) is -1.89. The van der Waals surface area contributed by atoms with Crippen molar-refractivity contribution in [1.29, 1.82) is 0 Å². The van der Waals surface area contributed by atoms with Gasteiger partial charge in [0.1, 0.15) is 6.04 Å². The van der Waals surface area contributed by atoms with Crippen molar-refractivity contribution in [1.82, 2.24) is 10.2 Å². The van der Waals surface area contributed by atoms with Crippen LogP contribution in [0.15, 0.2) is 0 Å². The summed E-state index contributed by atoms with van der Waals surface area (Å²) in [6.07, 6.45) is 0.258. The number of likely N-dealkylation sites (tertiary alicyclic amines) is 1. The summed E-state index contributed by atoms with van der Waals surface area (Å²) < 4.78 is 0. The molecule has 2 atom stereocenters. The van der Waals surface area contributed by atoms with E-state index in [0.29, 0.717) is 19.0 Å². The Kier molecular flexibility index (Phi) is 4.30. The molecule has 1 aliphatic heterocycles. The number of amides is 2. The average Bonchev–Trinajstić information content (AvgIpc) is 2.63. The first-order valence-corrected chi connectivity index (χ1v) is 5.40. The second-order valence-corrected chi connectivity index (χ2v) is 4.28. The van der Waals surface area contributed by atoms with Gasteiger partial charge in [0.15, 0.2) is 0 Å². The fourth-order valence-corrected chi connectivity index (χ4v) is 1.73. The van der Waals surface area contributed by atoms with E-state index in [1.54, 1.807) is 0 Å². The number of nitrogens with zero attached hydrogens (tertiary/aromatic N) is 1. The van der Waals surface area contributed by atoms with Crippen LogP contribution < -0.4 is 5.32 Å². The normalized spacial score (nSPS) is 21.0. The van der Waals surface area contributed by atoms with Crippen molar-refractivity contribution in [3.05, 3.63) is 0 Å². The van der Waals surface area contributed by atoms with Crippen LogP contribution in [0.1, 0.15) is 19.8 Å². The third kappa shape index (κ3) is 3.93. The zero-order valence-electron chi connectivity index (χ0n) is 9.55. The van der Waals surface area contributed by atoms with Crippen molar-refractivity contribution in [3.8, 4) is 0 Å². The van der Waals surface area contributed by atoms with Crippen LogP contribution in [0, 0.1) is 5.92 Å². The predicted molar refractivity (Wildman–Crippen MR) is 57.6 cm³/mol. The molecular weight excluding hydrogens is 228 g/mol. The van der Waals surface area contributed by atoms with E-state index >= 15 is 0 Å². The van der Waals surface area contributed by atoms with Crippen molar-refractivity contribution in [2.75, 3.05) is 13.1 Å². The first-order valence-electron chi connectivity index (χ1n) is 5.40. The van der Waals surface area contributed by atoms with Crippen molar-refractivity contribution in [2.24, 2.45) is 5.92 Å². The third-order valence-electron chi connectivity index (χ3n) is 2.69. The fourth-order valence-electron chi connectivity index (χ4n) is 1.73. The van der Waals surface area contributed by atoms with Crippen molar-refractivity contribution >= 4 is 18.0 Å². The van der Waals surface area contributed by atoms with Crippen LogP contribution in [-0.2, 0) is 9.59 Å². The lowest BCUT2D eigenvalue weighted by molar-refractivity contribution is -0.145. The molecule has 0 aromatic heterocycles. The smallest absolute Gasteiger partial charge is 0.326 e. The van der Waals surface area contributed by atoms with E-state index in [9.17, 15) is 14.4 Å². The maximum Gasteiger partial charge on any atom is 0.326 e. The Morgan fingerprint density at radius 1 is 1.41 bits per heavy atom. The number of carbonyl (C=O) groups is 3. The number of urea groups is 1. The zero-order valence-corrected chi connectivity index (χ0v) is 9.55. The molecule has 0 aromatic rings. The average molecular weight is 244 g/mol. The van der Waals surface area contributed by atoms with Gasteiger partial charge in [-0.2, -0.15) is 0 Å². The molecular formula is C10H16N2O5. The number of carboxylic acids is 2. The van der Waals surface area contributed by atoms with E-state index in [0.717, 1.165) is 6.42 Å². The van der Waals surface area contributed by atoms with Crippen LogP contribution in [-0.4, -0.2) is 52.2 Å². The first-order chi connectivity index (χ1) is 7.90. The molecule has 96 valence electrons. The molecule has 0 bridgehead atoms. The summed E-state index contributed by atoms with van der Waals surface area (Å²) in [4.78, 5) is 34.3. The van der Waals surface area contributed by atoms with Crippen LogP contribution in [0.2, 0.25) is 0 Å². The van der Waals surface area contributed by atoms with E-state index < -0.39 is 30.4 Å². The highest BCUT2D eigenvalue weighted by molar-refractivity contribution is 5.86. The second-order valence-electron chi connectivity index (χ2n) is 4.28. The minimum absolute atomic E-state index is 0.392. The van der Waals surface area contributed by atoms with Gasteiger partial charge in [-0.3, -0.25) is 4.79 Å². The van der Waals surface area contributed by atoms with Crippen molar-refractivity contribution < 1.29 is 24.6 Å². The molecule has 1 heterocycles. The minimum Gasteiger partial charge on any atom is -0.481 e. The Labute approximate surface area is 98.4 Å². The van der Waals surface area contributed by atoms with E-state index in [-0.39, 0.29) is 0 Å². The molecule has 1 aliphatic rings. The molecule has 3 N–H and O–H groups in total. The second kappa shape index (κ2) is 5.51. The molecule has 1 rings (SSSR count). The van der Waals surface area contributed by atoms with E-state index in [1.165, 1.54) is 4.90 Å². The summed E-state index contributed by atoms with van der Waals surface area (Å²) in [5, 5.41) is 19.5. The lowest BCUT2D eigenvalue weighted by Crippen LogP contribution is -2.48. The molecule has 1 fully saturated rings.